The van der Waals surface area contributed by atoms with Crippen molar-refractivity contribution in [1.82, 2.24) is 25.3 Å². The molecular formula is C16H10ClFIN5O2. The number of hydrogen-bond acceptors (Lipinski definition) is 5. The minimum atomic E-state index is -0.669. The summed E-state index contributed by atoms with van der Waals surface area (Å²) in [6.45, 7) is 0.548. The molecule has 0 saturated heterocycles. The fraction of sp³-hybridized carbons (Fsp3) is 0.125. The fourth-order valence-corrected chi connectivity index (χ4v) is 3.13. The maximum atomic E-state index is 15.0. The quantitative estimate of drug-likeness (QED) is 0.439. The summed E-state index contributed by atoms with van der Waals surface area (Å²) in [6.07, 6.45) is 3.54. The average Bonchev–Trinajstić information content (AvgIpc) is 3.05. The number of ether oxygens (including phenoxy) is 1. The molecule has 7 nitrogen and oxygen atoms in total. The van der Waals surface area contributed by atoms with E-state index in [1.54, 1.807) is 6.07 Å². The van der Waals surface area contributed by atoms with E-state index >= 15 is 0 Å². The lowest BCUT2D eigenvalue weighted by Crippen LogP contribution is -2.31. The van der Waals surface area contributed by atoms with Crippen LogP contribution < -0.4 is 10.1 Å². The number of rotatable bonds is 3. The Kier molecular flexibility index (Phi) is 4.49. The van der Waals surface area contributed by atoms with Crippen LogP contribution in [0.15, 0.2) is 24.5 Å². The van der Waals surface area contributed by atoms with Crippen LogP contribution in [0.3, 0.4) is 0 Å². The summed E-state index contributed by atoms with van der Waals surface area (Å²) in [5.74, 6) is -0.978. The van der Waals surface area contributed by atoms with Gasteiger partial charge in [0.05, 0.1) is 9.13 Å². The topological polar surface area (TPSA) is 92.8 Å². The summed E-state index contributed by atoms with van der Waals surface area (Å²) in [6, 6.07) is 3.13. The first-order valence-corrected chi connectivity index (χ1v) is 8.99. The van der Waals surface area contributed by atoms with Crippen LogP contribution in [0.4, 0.5) is 4.39 Å². The van der Waals surface area contributed by atoms with Gasteiger partial charge in [0.25, 0.3) is 11.8 Å². The third kappa shape index (κ3) is 3.12. The molecule has 0 fully saturated rings. The van der Waals surface area contributed by atoms with E-state index in [2.05, 4.69) is 25.3 Å². The Morgan fingerprint density at radius 1 is 1.27 bits per heavy atom. The Morgan fingerprint density at radius 2 is 2.12 bits per heavy atom. The number of amides is 1. The van der Waals surface area contributed by atoms with Crippen molar-refractivity contribution in [2.75, 3.05) is 6.54 Å². The standard InChI is InChI=1S/C16H10ClFIN5O2/c17-16-22-6-9(19)14(24-16)26-15-12(18)7(1-3-21-15)11-5-8-10(23-11)2-4-20-13(8)25/h1,3,5-6,23H,2,4H2,(H,20,25). The third-order valence-electron chi connectivity index (χ3n) is 3.83. The van der Waals surface area contributed by atoms with Gasteiger partial charge in [0.2, 0.25) is 11.2 Å². The van der Waals surface area contributed by atoms with Gasteiger partial charge in [-0.3, -0.25) is 4.79 Å². The number of hydrogen-bond donors (Lipinski definition) is 2. The minimum Gasteiger partial charge on any atom is -0.416 e. The minimum absolute atomic E-state index is 0.0139. The van der Waals surface area contributed by atoms with Gasteiger partial charge >= 0.3 is 0 Å². The van der Waals surface area contributed by atoms with E-state index in [0.717, 1.165) is 5.69 Å². The molecule has 132 valence electrons. The first-order chi connectivity index (χ1) is 12.5. The van der Waals surface area contributed by atoms with Crippen LogP contribution in [0.1, 0.15) is 16.1 Å². The smallest absolute Gasteiger partial charge is 0.258 e. The van der Waals surface area contributed by atoms with Gasteiger partial charge in [-0.05, 0) is 46.3 Å². The van der Waals surface area contributed by atoms with Crippen LogP contribution in [0.5, 0.6) is 11.8 Å². The van der Waals surface area contributed by atoms with E-state index in [1.165, 1.54) is 18.5 Å². The molecule has 0 radical (unpaired) electrons. The number of nitrogens with one attached hydrogen (secondary N) is 2. The molecule has 0 unspecified atom stereocenters. The molecule has 0 aliphatic carbocycles. The zero-order valence-corrected chi connectivity index (χ0v) is 15.9. The molecule has 0 aromatic carbocycles. The molecule has 2 N–H and O–H groups in total. The van der Waals surface area contributed by atoms with Crippen molar-refractivity contribution in [2.45, 2.75) is 6.42 Å². The SMILES string of the molecule is O=C1NCCc2[nH]c(-c3ccnc(Oc4nc(Cl)ncc4I)c3F)cc21. The van der Waals surface area contributed by atoms with E-state index in [1.807, 2.05) is 22.6 Å². The second-order valence-electron chi connectivity index (χ2n) is 5.45. The van der Waals surface area contributed by atoms with E-state index in [9.17, 15) is 9.18 Å². The van der Waals surface area contributed by atoms with Crippen molar-refractivity contribution < 1.29 is 13.9 Å². The number of carbonyl (C=O) groups excluding carboxylic acids is 1. The van der Waals surface area contributed by atoms with Crippen molar-refractivity contribution in [3.63, 3.8) is 0 Å². The van der Waals surface area contributed by atoms with Crippen LogP contribution in [0.2, 0.25) is 5.28 Å². The second kappa shape index (κ2) is 6.80. The lowest BCUT2D eigenvalue weighted by molar-refractivity contribution is 0.0946. The lowest BCUT2D eigenvalue weighted by Gasteiger charge is -2.11. The maximum absolute atomic E-state index is 15.0. The van der Waals surface area contributed by atoms with Crippen LogP contribution in [-0.4, -0.2) is 32.4 Å². The van der Waals surface area contributed by atoms with Crippen molar-refractivity contribution in [3.05, 3.63) is 50.5 Å². The maximum Gasteiger partial charge on any atom is 0.258 e. The van der Waals surface area contributed by atoms with Crippen molar-refractivity contribution in [2.24, 2.45) is 0 Å². The monoisotopic (exact) mass is 485 g/mol. The Balaban J connectivity index is 1.72. The summed E-state index contributed by atoms with van der Waals surface area (Å²) in [7, 11) is 0. The first-order valence-electron chi connectivity index (χ1n) is 7.54. The second-order valence-corrected chi connectivity index (χ2v) is 6.95. The zero-order chi connectivity index (χ0) is 18.3. The Labute approximate surface area is 165 Å². The number of aromatic amines is 1. The molecule has 26 heavy (non-hydrogen) atoms. The predicted molar refractivity (Wildman–Crippen MR) is 99.9 cm³/mol. The number of nitrogens with zero attached hydrogens (tertiary/aromatic N) is 3. The first kappa shape index (κ1) is 17.2. The van der Waals surface area contributed by atoms with Gasteiger partial charge in [-0.15, -0.1) is 0 Å². The Bertz CT molecular complexity index is 1030. The fourth-order valence-electron chi connectivity index (χ4n) is 2.64. The predicted octanol–water partition coefficient (Wildman–Crippen LogP) is 3.34. The van der Waals surface area contributed by atoms with Gasteiger partial charge < -0.3 is 15.0 Å². The molecule has 0 atom stereocenters. The number of carbonyl (C=O) groups is 1. The highest BCUT2D eigenvalue weighted by Gasteiger charge is 2.22. The van der Waals surface area contributed by atoms with Crippen molar-refractivity contribution in [1.29, 1.82) is 0 Å². The molecule has 10 heteroatoms. The van der Waals surface area contributed by atoms with E-state index in [-0.39, 0.29) is 28.5 Å². The molecule has 0 bridgehead atoms. The number of pyridine rings is 1. The van der Waals surface area contributed by atoms with Crippen LogP contribution >= 0.6 is 34.2 Å². The summed E-state index contributed by atoms with van der Waals surface area (Å²) >= 11 is 7.71. The van der Waals surface area contributed by atoms with Gasteiger partial charge in [0.1, 0.15) is 0 Å². The van der Waals surface area contributed by atoms with E-state index in [0.29, 0.717) is 27.8 Å². The van der Waals surface area contributed by atoms with Gasteiger partial charge in [0.15, 0.2) is 5.82 Å². The van der Waals surface area contributed by atoms with Gasteiger partial charge in [-0.2, -0.15) is 4.98 Å². The molecule has 4 heterocycles. The Hall–Kier alpha value is -2.27. The highest BCUT2D eigenvalue weighted by Crippen LogP contribution is 2.32. The normalized spacial score (nSPS) is 13.3. The molecular weight excluding hydrogens is 476 g/mol. The largest absolute Gasteiger partial charge is 0.416 e. The van der Waals surface area contributed by atoms with Crippen LogP contribution in [0.25, 0.3) is 11.3 Å². The van der Waals surface area contributed by atoms with Crippen molar-refractivity contribution >= 4 is 40.1 Å². The number of H-pyrrole nitrogens is 1. The number of fused-ring (bicyclic) bond motifs is 1. The van der Waals surface area contributed by atoms with Crippen LogP contribution in [0, 0.1) is 9.39 Å². The summed E-state index contributed by atoms with van der Waals surface area (Å²) in [5, 5.41) is 2.74. The van der Waals surface area contributed by atoms with Gasteiger partial charge in [-0.1, -0.05) is 0 Å². The molecule has 1 aliphatic heterocycles. The van der Waals surface area contributed by atoms with Crippen molar-refractivity contribution in [3.8, 4) is 23.0 Å². The molecule has 1 aliphatic rings. The molecule has 1 amide bonds. The van der Waals surface area contributed by atoms with E-state index in [4.69, 9.17) is 16.3 Å². The molecule has 0 saturated carbocycles. The summed E-state index contributed by atoms with van der Waals surface area (Å²) < 4.78 is 21.0. The van der Waals surface area contributed by atoms with Crippen LogP contribution in [-0.2, 0) is 6.42 Å². The molecule has 0 spiro atoms. The Morgan fingerprint density at radius 3 is 2.92 bits per heavy atom. The zero-order valence-electron chi connectivity index (χ0n) is 13.0. The average molecular weight is 486 g/mol. The highest BCUT2D eigenvalue weighted by atomic mass is 127. The van der Waals surface area contributed by atoms with E-state index < -0.39 is 5.82 Å². The molecule has 3 aromatic heterocycles. The molecule has 4 rings (SSSR count). The highest BCUT2D eigenvalue weighted by molar-refractivity contribution is 14.1. The third-order valence-corrected chi connectivity index (χ3v) is 4.75. The summed E-state index contributed by atoms with van der Waals surface area (Å²) in [4.78, 5) is 26.7. The summed E-state index contributed by atoms with van der Waals surface area (Å²) in [5.41, 5.74) is 2.02. The number of halogens is 3. The lowest BCUT2D eigenvalue weighted by atomic mass is 10.1. The number of aromatic nitrogens is 4. The molecule has 3 aromatic rings. The van der Waals surface area contributed by atoms with Gasteiger partial charge in [-0.25, -0.2) is 14.4 Å². The van der Waals surface area contributed by atoms with Gasteiger partial charge in [0, 0.05) is 42.3 Å².